The summed E-state index contributed by atoms with van der Waals surface area (Å²) in [5.74, 6) is 1.08. The van der Waals surface area contributed by atoms with Gasteiger partial charge >= 0.3 is 0 Å². The molecule has 0 bridgehead atoms. The van der Waals surface area contributed by atoms with Crippen molar-refractivity contribution < 1.29 is 9.21 Å². The number of hydrogen-bond acceptors (Lipinski definition) is 4. The first-order chi connectivity index (χ1) is 6.81. The summed E-state index contributed by atoms with van der Waals surface area (Å²) in [6.45, 7) is 1.74. The maximum absolute atomic E-state index is 10.7. The lowest BCUT2D eigenvalue weighted by atomic mass is 10.2. The number of carbonyl (C=O) groups is 1. The van der Waals surface area contributed by atoms with Crippen LogP contribution in [0.5, 0.6) is 0 Å². The van der Waals surface area contributed by atoms with Crippen molar-refractivity contribution in [2.75, 3.05) is 0 Å². The number of carbonyl (C=O) groups excluding carboxylic acids is 1. The molecular weight excluding hydrogens is 180 g/mol. The van der Waals surface area contributed by atoms with Crippen molar-refractivity contribution in [3.63, 3.8) is 0 Å². The number of aromatic nitrogens is 2. The quantitative estimate of drug-likeness (QED) is 0.675. The van der Waals surface area contributed by atoms with E-state index < -0.39 is 0 Å². The molecule has 2 aromatic heterocycles. The highest BCUT2D eigenvalue weighted by Gasteiger charge is 2.09. The normalized spacial score (nSPS) is 10.1. The Morgan fingerprint density at radius 1 is 1.43 bits per heavy atom. The monoisotopic (exact) mass is 188 g/mol. The van der Waals surface area contributed by atoms with Gasteiger partial charge in [-0.25, -0.2) is 4.98 Å². The van der Waals surface area contributed by atoms with Gasteiger partial charge in [-0.3, -0.25) is 9.78 Å². The molecule has 0 aliphatic carbocycles. The Kier molecular flexibility index (Phi) is 2.10. The van der Waals surface area contributed by atoms with Gasteiger partial charge in [-0.2, -0.15) is 0 Å². The Balaban J connectivity index is 2.55. The number of rotatable bonds is 2. The van der Waals surface area contributed by atoms with E-state index in [2.05, 4.69) is 9.97 Å². The molecule has 0 aliphatic rings. The van der Waals surface area contributed by atoms with Gasteiger partial charge in [0.25, 0.3) is 0 Å². The van der Waals surface area contributed by atoms with Crippen LogP contribution in [0, 0.1) is 6.92 Å². The number of oxazole rings is 1. The van der Waals surface area contributed by atoms with Gasteiger partial charge in [-0.15, -0.1) is 0 Å². The lowest BCUT2D eigenvalue weighted by molar-refractivity contribution is 0.112. The first kappa shape index (κ1) is 8.62. The van der Waals surface area contributed by atoms with Crippen LogP contribution in [0.25, 0.3) is 11.5 Å². The van der Waals surface area contributed by atoms with Crippen molar-refractivity contribution in [3.8, 4) is 11.5 Å². The van der Waals surface area contributed by atoms with Gasteiger partial charge in [-0.05, 0) is 12.1 Å². The first-order valence-corrected chi connectivity index (χ1v) is 4.14. The minimum Gasteiger partial charge on any atom is -0.439 e. The van der Waals surface area contributed by atoms with Crippen LogP contribution in [0.15, 0.2) is 28.9 Å². The molecule has 4 nitrogen and oxygen atoms in total. The first-order valence-electron chi connectivity index (χ1n) is 4.14. The van der Waals surface area contributed by atoms with Crippen LogP contribution in [0.2, 0.25) is 0 Å². The second-order valence-electron chi connectivity index (χ2n) is 2.80. The number of nitrogens with zero attached hydrogens (tertiary/aromatic N) is 2. The van der Waals surface area contributed by atoms with Crippen molar-refractivity contribution in [1.82, 2.24) is 9.97 Å². The zero-order valence-electron chi connectivity index (χ0n) is 7.60. The van der Waals surface area contributed by atoms with Gasteiger partial charge in [0.15, 0.2) is 17.9 Å². The van der Waals surface area contributed by atoms with E-state index in [1.165, 1.54) is 0 Å². The van der Waals surface area contributed by atoms with Gasteiger partial charge in [0, 0.05) is 18.7 Å². The molecule has 0 saturated heterocycles. The molecule has 70 valence electrons. The Morgan fingerprint density at radius 3 is 2.93 bits per heavy atom. The molecule has 14 heavy (non-hydrogen) atoms. The Morgan fingerprint density at radius 2 is 2.29 bits per heavy atom. The average molecular weight is 188 g/mol. The lowest BCUT2D eigenvalue weighted by Gasteiger charge is -1.97. The zero-order chi connectivity index (χ0) is 9.97. The molecule has 2 rings (SSSR count). The van der Waals surface area contributed by atoms with E-state index in [0.29, 0.717) is 22.9 Å². The molecule has 0 N–H and O–H groups in total. The van der Waals surface area contributed by atoms with E-state index in [9.17, 15) is 4.79 Å². The molecule has 0 spiro atoms. The van der Waals surface area contributed by atoms with Crippen molar-refractivity contribution in [1.29, 1.82) is 0 Å². The van der Waals surface area contributed by atoms with E-state index >= 15 is 0 Å². The third kappa shape index (κ3) is 1.42. The SMILES string of the molecule is Cc1ncc(-c2ncccc2C=O)o1. The maximum atomic E-state index is 10.7. The summed E-state index contributed by atoms with van der Waals surface area (Å²) in [5, 5.41) is 0. The van der Waals surface area contributed by atoms with Crippen LogP contribution in [0.4, 0.5) is 0 Å². The second kappa shape index (κ2) is 3.41. The molecule has 0 unspecified atom stereocenters. The highest BCUT2D eigenvalue weighted by atomic mass is 16.4. The van der Waals surface area contributed by atoms with Crippen molar-refractivity contribution in [3.05, 3.63) is 36.0 Å². The van der Waals surface area contributed by atoms with Gasteiger partial charge in [0.2, 0.25) is 0 Å². The van der Waals surface area contributed by atoms with Crippen LogP contribution >= 0.6 is 0 Å². The van der Waals surface area contributed by atoms with E-state index in [-0.39, 0.29) is 0 Å². The Hall–Kier alpha value is -1.97. The highest BCUT2D eigenvalue weighted by Crippen LogP contribution is 2.20. The summed E-state index contributed by atoms with van der Waals surface area (Å²) < 4.78 is 5.28. The van der Waals surface area contributed by atoms with Crippen LogP contribution < -0.4 is 0 Å². The minimum absolute atomic E-state index is 0.503. The second-order valence-corrected chi connectivity index (χ2v) is 2.80. The van der Waals surface area contributed by atoms with E-state index in [4.69, 9.17) is 4.42 Å². The van der Waals surface area contributed by atoms with Crippen LogP contribution in [0.3, 0.4) is 0 Å². The van der Waals surface area contributed by atoms with Crippen molar-refractivity contribution in [2.45, 2.75) is 6.92 Å². The number of aryl methyl sites for hydroxylation is 1. The van der Waals surface area contributed by atoms with Gasteiger partial charge < -0.3 is 4.42 Å². The number of pyridine rings is 1. The molecule has 0 aliphatic heterocycles. The van der Waals surface area contributed by atoms with Crippen molar-refractivity contribution in [2.24, 2.45) is 0 Å². The fourth-order valence-electron chi connectivity index (χ4n) is 1.19. The predicted octanol–water partition coefficient (Wildman–Crippen LogP) is 1.86. The lowest BCUT2D eigenvalue weighted by Crippen LogP contribution is -1.88. The molecule has 0 aromatic carbocycles. The molecular formula is C10H8N2O2. The van der Waals surface area contributed by atoms with Gasteiger partial charge in [0.05, 0.1) is 6.20 Å². The summed E-state index contributed by atoms with van der Waals surface area (Å²) in [4.78, 5) is 18.7. The molecule has 0 saturated carbocycles. The van der Waals surface area contributed by atoms with Crippen molar-refractivity contribution >= 4 is 6.29 Å². The van der Waals surface area contributed by atoms with Gasteiger partial charge in [-0.1, -0.05) is 0 Å². The number of hydrogen-bond donors (Lipinski definition) is 0. The Bertz CT molecular complexity index is 463. The molecule has 4 heteroatoms. The standard InChI is InChI=1S/C10H8N2O2/c1-7-12-5-9(14-7)10-8(6-13)3-2-4-11-10/h2-6H,1H3. The maximum Gasteiger partial charge on any atom is 0.191 e. The average Bonchev–Trinajstić information content (AvgIpc) is 2.65. The number of aldehydes is 1. The molecule has 2 aromatic rings. The van der Waals surface area contributed by atoms with Crippen LogP contribution in [-0.2, 0) is 0 Å². The summed E-state index contributed by atoms with van der Waals surface area (Å²) in [6, 6.07) is 3.39. The van der Waals surface area contributed by atoms with Crippen LogP contribution in [0.1, 0.15) is 16.2 Å². The predicted molar refractivity (Wildman–Crippen MR) is 49.9 cm³/mol. The molecule has 2 heterocycles. The van der Waals surface area contributed by atoms with E-state index in [0.717, 1.165) is 6.29 Å². The third-order valence-corrected chi connectivity index (χ3v) is 1.82. The van der Waals surface area contributed by atoms with Crippen LogP contribution in [-0.4, -0.2) is 16.3 Å². The largest absolute Gasteiger partial charge is 0.439 e. The Labute approximate surface area is 80.6 Å². The summed E-state index contributed by atoms with van der Waals surface area (Å²) in [6.07, 6.45) is 3.92. The summed E-state index contributed by atoms with van der Waals surface area (Å²) >= 11 is 0. The summed E-state index contributed by atoms with van der Waals surface area (Å²) in [7, 11) is 0. The van der Waals surface area contributed by atoms with Gasteiger partial charge in [0.1, 0.15) is 5.69 Å². The smallest absolute Gasteiger partial charge is 0.191 e. The topological polar surface area (TPSA) is 56.0 Å². The fraction of sp³-hybridized carbons (Fsp3) is 0.100. The van der Waals surface area contributed by atoms with E-state index in [1.807, 2.05) is 0 Å². The summed E-state index contributed by atoms with van der Waals surface area (Å²) in [5.41, 5.74) is 1.03. The minimum atomic E-state index is 0.503. The fourth-order valence-corrected chi connectivity index (χ4v) is 1.19. The highest BCUT2D eigenvalue weighted by molar-refractivity contribution is 5.83. The zero-order valence-corrected chi connectivity index (χ0v) is 7.60. The van der Waals surface area contributed by atoms with E-state index in [1.54, 1.807) is 31.5 Å². The molecule has 0 fully saturated rings. The third-order valence-electron chi connectivity index (χ3n) is 1.82. The molecule has 0 radical (unpaired) electrons. The molecule has 0 amide bonds. The molecule has 0 atom stereocenters.